The lowest BCUT2D eigenvalue weighted by atomic mass is 10.1. The molecule has 2 heteroatoms. The van der Waals surface area contributed by atoms with Crippen molar-refractivity contribution in [3.8, 4) is 0 Å². The van der Waals surface area contributed by atoms with Crippen LogP contribution in [0, 0.1) is 0 Å². The van der Waals surface area contributed by atoms with E-state index < -0.39 is 0 Å². The molecule has 0 bridgehead atoms. The van der Waals surface area contributed by atoms with Crippen LogP contribution in [0.4, 0.5) is 5.69 Å². The fourth-order valence-corrected chi connectivity index (χ4v) is 2.08. The SMILES string of the molecule is CC(=O)/C=C/c1ccccc1N1CCCC1. The average molecular weight is 215 g/mol. The minimum atomic E-state index is 0.0937. The van der Waals surface area contributed by atoms with Gasteiger partial charge in [0.1, 0.15) is 0 Å². The van der Waals surface area contributed by atoms with E-state index in [-0.39, 0.29) is 5.78 Å². The van der Waals surface area contributed by atoms with Crippen LogP contribution in [0.5, 0.6) is 0 Å². The second kappa shape index (κ2) is 4.97. The molecule has 1 aliphatic heterocycles. The number of benzene rings is 1. The molecule has 2 nitrogen and oxygen atoms in total. The van der Waals surface area contributed by atoms with Crippen molar-refractivity contribution in [2.45, 2.75) is 19.8 Å². The summed E-state index contributed by atoms with van der Waals surface area (Å²) in [5.74, 6) is 0.0937. The van der Waals surface area contributed by atoms with E-state index in [1.165, 1.54) is 18.5 Å². The van der Waals surface area contributed by atoms with Crippen molar-refractivity contribution in [2.24, 2.45) is 0 Å². The highest BCUT2D eigenvalue weighted by molar-refractivity contribution is 5.92. The molecule has 0 saturated carbocycles. The molecule has 1 aromatic rings. The topological polar surface area (TPSA) is 20.3 Å². The largest absolute Gasteiger partial charge is 0.371 e. The van der Waals surface area contributed by atoms with E-state index in [1.54, 1.807) is 13.0 Å². The van der Waals surface area contributed by atoms with Crippen molar-refractivity contribution in [2.75, 3.05) is 18.0 Å². The third-order valence-electron chi connectivity index (χ3n) is 2.88. The Morgan fingerprint density at radius 2 is 1.94 bits per heavy atom. The maximum Gasteiger partial charge on any atom is 0.152 e. The summed E-state index contributed by atoms with van der Waals surface area (Å²) in [6, 6.07) is 8.26. The molecule has 0 radical (unpaired) electrons. The lowest BCUT2D eigenvalue weighted by molar-refractivity contribution is -0.112. The highest BCUT2D eigenvalue weighted by atomic mass is 16.1. The molecule has 0 spiro atoms. The van der Waals surface area contributed by atoms with Crippen molar-refractivity contribution in [1.29, 1.82) is 0 Å². The van der Waals surface area contributed by atoms with E-state index in [4.69, 9.17) is 0 Å². The molecule has 84 valence electrons. The predicted molar refractivity (Wildman–Crippen MR) is 67.6 cm³/mol. The molecule has 1 saturated heterocycles. The quantitative estimate of drug-likeness (QED) is 0.723. The first-order valence-corrected chi connectivity index (χ1v) is 5.80. The molecule has 1 fully saturated rings. The molecule has 0 N–H and O–H groups in total. The number of rotatable bonds is 3. The third-order valence-corrected chi connectivity index (χ3v) is 2.88. The van der Waals surface area contributed by atoms with E-state index in [9.17, 15) is 4.79 Å². The second-order valence-corrected chi connectivity index (χ2v) is 4.20. The normalized spacial score (nSPS) is 15.9. The van der Waals surface area contributed by atoms with Gasteiger partial charge in [-0.2, -0.15) is 0 Å². The van der Waals surface area contributed by atoms with Gasteiger partial charge in [-0.1, -0.05) is 18.2 Å². The van der Waals surface area contributed by atoms with E-state index >= 15 is 0 Å². The number of nitrogens with zero attached hydrogens (tertiary/aromatic N) is 1. The standard InChI is InChI=1S/C14H17NO/c1-12(16)8-9-13-6-2-3-7-14(13)15-10-4-5-11-15/h2-3,6-9H,4-5,10-11H2,1H3/b9-8+. The van der Waals surface area contributed by atoms with Gasteiger partial charge in [0.15, 0.2) is 5.78 Å². The van der Waals surface area contributed by atoms with Crippen molar-refractivity contribution in [1.82, 2.24) is 0 Å². The summed E-state index contributed by atoms with van der Waals surface area (Å²) in [4.78, 5) is 13.3. The Labute approximate surface area is 96.6 Å². The zero-order chi connectivity index (χ0) is 11.4. The summed E-state index contributed by atoms with van der Waals surface area (Å²) in [7, 11) is 0. The molecule has 0 aromatic heterocycles. The van der Waals surface area contributed by atoms with Crippen LogP contribution in [0.15, 0.2) is 30.3 Å². The summed E-state index contributed by atoms with van der Waals surface area (Å²) in [6.45, 7) is 3.84. The number of allylic oxidation sites excluding steroid dienone is 1. The fourth-order valence-electron chi connectivity index (χ4n) is 2.08. The number of hydrogen-bond donors (Lipinski definition) is 0. The van der Waals surface area contributed by atoms with Crippen LogP contribution in [-0.4, -0.2) is 18.9 Å². The van der Waals surface area contributed by atoms with Crippen LogP contribution >= 0.6 is 0 Å². The predicted octanol–water partition coefficient (Wildman–Crippen LogP) is 2.89. The first-order valence-electron chi connectivity index (χ1n) is 5.80. The third kappa shape index (κ3) is 2.51. The summed E-state index contributed by atoms with van der Waals surface area (Å²) in [6.07, 6.45) is 6.08. The van der Waals surface area contributed by atoms with Gasteiger partial charge >= 0.3 is 0 Å². The zero-order valence-electron chi connectivity index (χ0n) is 9.65. The molecule has 1 aliphatic rings. The fraction of sp³-hybridized carbons (Fsp3) is 0.357. The van der Waals surface area contributed by atoms with Gasteiger partial charge in [0, 0.05) is 18.8 Å². The van der Waals surface area contributed by atoms with Gasteiger partial charge in [-0.25, -0.2) is 0 Å². The highest BCUT2D eigenvalue weighted by Gasteiger charge is 2.13. The Morgan fingerprint density at radius 1 is 1.25 bits per heavy atom. The number of anilines is 1. The smallest absolute Gasteiger partial charge is 0.152 e. The molecular formula is C14H17NO. The van der Waals surface area contributed by atoms with E-state index in [0.717, 1.165) is 18.7 Å². The monoisotopic (exact) mass is 215 g/mol. The molecule has 0 amide bonds. The van der Waals surface area contributed by atoms with Crippen LogP contribution < -0.4 is 4.90 Å². The van der Waals surface area contributed by atoms with E-state index in [2.05, 4.69) is 23.1 Å². The minimum absolute atomic E-state index is 0.0937. The molecule has 1 heterocycles. The Morgan fingerprint density at radius 3 is 2.62 bits per heavy atom. The summed E-state index contributed by atoms with van der Waals surface area (Å²) in [5, 5.41) is 0. The van der Waals surface area contributed by atoms with Crippen molar-refractivity contribution < 1.29 is 4.79 Å². The minimum Gasteiger partial charge on any atom is -0.371 e. The number of carbonyl (C=O) groups is 1. The lowest BCUT2D eigenvalue weighted by Gasteiger charge is -2.19. The van der Waals surface area contributed by atoms with Crippen LogP contribution in [0.2, 0.25) is 0 Å². The van der Waals surface area contributed by atoms with Crippen LogP contribution in [0.1, 0.15) is 25.3 Å². The first kappa shape index (κ1) is 10.9. The first-order chi connectivity index (χ1) is 7.77. The Hall–Kier alpha value is -1.57. The van der Waals surface area contributed by atoms with Crippen LogP contribution in [-0.2, 0) is 4.79 Å². The van der Waals surface area contributed by atoms with Crippen LogP contribution in [0.25, 0.3) is 6.08 Å². The number of para-hydroxylation sites is 1. The summed E-state index contributed by atoms with van der Waals surface area (Å²) in [5.41, 5.74) is 2.39. The van der Waals surface area contributed by atoms with Gasteiger partial charge < -0.3 is 4.90 Å². The Balaban J connectivity index is 2.26. The van der Waals surface area contributed by atoms with Gasteiger partial charge in [-0.15, -0.1) is 0 Å². The molecular weight excluding hydrogens is 198 g/mol. The molecule has 0 unspecified atom stereocenters. The Bertz CT molecular complexity index is 403. The lowest BCUT2D eigenvalue weighted by Crippen LogP contribution is -2.18. The zero-order valence-corrected chi connectivity index (χ0v) is 9.65. The molecule has 0 aliphatic carbocycles. The van der Waals surface area contributed by atoms with Crippen molar-refractivity contribution in [3.63, 3.8) is 0 Å². The van der Waals surface area contributed by atoms with Crippen LogP contribution in [0.3, 0.4) is 0 Å². The van der Waals surface area contributed by atoms with Gasteiger partial charge in [0.25, 0.3) is 0 Å². The van der Waals surface area contributed by atoms with Gasteiger partial charge in [-0.05, 0) is 43.5 Å². The van der Waals surface area contributed by atoms with Crippen molar-refractivity contribution >= 4 is 17.5 Å². The summed E-state index contributed by atoms with van der Waals surface area (Å²) < 4.78 is 0. The van der Waals surface area contributed by atoms with Gasteiger partial charge in [-0.3, -0.25) is 4.79 Å². The molecule has 1 aromatic carbocycles. The average Bonchev–Trinajstić information content (AvgIpc) is 2.80. The highest BCUT2D eigenvalue weighted by Crippen LogP contribution is 2.25. The second-order valence-electron chi connectivity index (χ2n) is 4.20. The van der Waals surface area contributed by atoms with E-state index in [0.29, 0.717) is 0 Å². The maximum atomic E-state index is 10.9. The van der Waals surface area contributed by atoms with E-state index in [1.807, 2.05) is 12.1 Å². The van der Waals surface area contributed by atoms with Crippen molar-refractivity contribution in [3.05, 3.63) is 35.9 Å². The number of ketones is 1. The Kier molecular flexibility index (Phi) is 3.40. The van der Waals surface area contributed by atoms with Gasteiger partial charge in [0.2, 0.25) is 0 Å². The molecule has 0 atom stereocenters. The maximum absolute atomic E-state index is 10.9. The van der Waals surface area contributed by atoms with Gasteiger partial charge in [0.05, 0.1) is 0 Å². The number of hydrogen-bond acceptors (Lipinski definition) is 2. The number of carbonyl (C=O) groups excluding carboxylic acids is 1. The molecule has 16 heavy (non-hydrogen) atoms. The molecule has 2 rings (SSSR count). The summed E-state index contributed by atoms with van der Waals surface area (Å²) >= 11 is 0.